The number of carbonyl (C=O) groups excluding carboxylic acids is 1. The van der Waals surface area contributed by atoms with Crippen LogP contribution in [0.4, 0.5) is 17.2 Å². The number of nitrogens with zero attached hydrogens (tertiary/aromatic N) is 5. The van der Waals surface area contributed by atoms with Gasteiger partial charge < -0.3 is 15.5 Å². The number of nitro groups is 1. The Morgan fingerprint density at radius 1 is 1.08 bits per heavy atom. The zero-order valence-electron chi connectivity index (χ0n) is 12.8. The molecule has 9 nitrogen and oxygen atoms in total. The highest BCUT2D eigenvalue weighted by atomic mass is 16.6. The van der Waals surface area contributed by atoms with Crippen LogP contribution in [0.2, 0.25) is 0 Å². The molecule has 2 aromatic rings. The van der Waals surface area contributed by atoms with Crippen molar-refractivity contribution in [1.29, 1.82) is 0 Å². The van der Waals surface area contributed by atoms with E-state index in [1.54, 1.807) is 18.3 Å². The summed E-state index contributed by atoms with van der Waals surface area (Å²) < 4.78 is 0. The Labute approximate surface area is 137 Å². The number of non-ortho nitro benzene ring substituents is 1. The standard InChI is InChI=1S/C15H16N6O3/c16-15(22)13-9-17-10-14(18-13)20-7-5-19(6-8-20)11-1-3-12(4-2-11)21(23)24/h1-4,9-10H,5-8H2,(H2,16,22). The molecule has 1 aromatic heterocycles. The van der Waals surface area contributed by atoms with Crippen molar-refractivity contribution < 1.29 is 9.72 Å². The minimum absolute atomic E-state index is 0.0796. The van der Waals surface area contributed by atoms with Crippen LogP contribution in [0.3, 0.4) is 0 Å². The largest absolute Gasteiger partial charge is 0.368 e. The second-order valence-corrected chi connectivity index (χ2v) is 5.37. The summed E-state index contributed by atoms with van der Waals surface area (Å²) in [5, 5.41) is 10.7. The number of hydrogen-bond donors (Lipinski definition) is 1. The molecular formula is C15H16N6O3. The molecule has 1 aromatic carbocycles. The Morgan fingerprint density at radius 2 is 1.71 bits per heavy atom. The van der Waals surface area contributed by atoms with Gasteiger partial charge in [0.2, 0.25) is 0 Å². The van der Waals surface area contributed by atoms with Gasteiger partial charge in [-0.25, -0.2) is 4.98 Å². The van der Waals surface area contributed by atoms with Crippen molar-refractivity contribution in [3.8, 4) is 0 Å². The summed E-state index contributed by atoms with van der Waals surface area (Å²) in [5.41, 5.74) is 6.39. The number of rotatable bonds is 4. The fraction of sp³-hybridized carbons (Fsp3) is 0.267. The molecule has 1 aliphatic rings. The quantitative estimate of drug-likeness (QED) is 0.651. The van der Waals surface area contributed by atoms with E-state index >= 15 is 0 Å². The smallest absolute Gasteiger partial charge is 0.269 e. The van der Waals surface area contributed by atoms with Crippen LogP contribution in [-0.4, -0.2) is 47.0 Å². The number of aromatic nitrogens is 2. The molecule has 1 amide bonds. The third-order valence-electron chi connectivity index (χ3n) is 3.90. The van der Waals surface area contributed by atoms with Crippen LogP contribution in [0, 0.1) is 10.1 Å². The van der Waals surface area contributed by atoms with Gasteiger partial charge in [0.05, 0.1) is 17.3 Å². The minimum Gasteiger partial charge on any atom is -0.368 e. The van der Waals surface area contributed by atoms with Gasteiger partial charge in [0.25, 0.3) is 11.6 Å². The van der Waals surface area contributed by atoms with Crippen molar-refractivity contribution in [3.05, 3.63) is 52.5 Å². The van der Waals surface area contributed by atoms with Gasteiger partial charge in [-0.2, -0.15) is 0 Å². The van der Waals surface area contributed by atoms with Crippen LogP contribution in [-0.2, 0) is 0 Å². The zero-order chi connectivity index (χ0) is 17.1. The molecule has 2 heterocycles. The summed E-state index contributed by atoms with van der Waals surface area (Å²) in [7, 11) is 0. The van der Waals surface area contributed by atoms with Crippen molar-refractivity contribution in [2.24, 2.45) is 5.73 Å². The maximum absolute atomic E-state index is 11.2. The molecule has 1 saturated heterocycles. The highest BCUT2D eigenvalue weighted by molar-refractivity contribution is 5.90. The number of carbonyl (C=O) groups is 1. The van der Waals surface area contributed by atoms with Crippen LogP contribution in [0.15, 0.2) is 36.7 Å². The van der Waals surface area contributed by atoms with Crippen molar-refractivity contribution in [2.45, 2.75) is 0 Å². The second-order valence-electron chi connectivity index (χ2n) is 5.37. The third-order valence-corrected chi connectivity index (χ3v) is 3.90. The van der Waals surface area contributed by atoms with Gasteiger partial charge in [-0.1, -0.05) is 0 Å². The molecule has 0 aliphatic carbocycles. The summed E-state index contributed by atoms with van der Waals surface area (Å²) in [4.78, 5) is 33.9. The van der Waals surface area contributed by atoms with E-state index in [1.165, 1.54) is 18.3 Å². The Kier molecular flexibility index (Phi) is 4.23. The fourth-order valence-electron chi connectivity index (χ4n) is 2.61. The number of primary amides is 1. The molecule has 0 bridgehead atoms. The number of benzene rings is 1. The Balaban J connectivity index is 1.66. The summed E-state index contributed by atoms with van der Waals surface area (Å²) in [6.07, 6.45) is 2.95. The van der Waals surface area contributed by atoms with E-state index in [0.29, 0.717) is 18.9 Å². The molecule has 0 radical (unpaired) electrons. The average molecular weight is 328 g/mol. The maximum atomic E-state index is 11.2. The van der Waals surface area contributed by atoms with Crippen LogP contribution in [0.25, 0.3) is 0 Å². The van der Waals surface area contributed by atoms with E-state index in [2.05, 4.69) is 14.9 Å². The van der Waals surface area contributed by atoms with Crippen LogP contribution < -0.4 is 15.5 Å². The van der Waals surface area contributed by atoms with E-state index < -0.39 is 10.8 Å². The van der Waals surface area contributed by atoms with E-state index in [-0.39, 0.29) is 11.4 Å². The number of piperazine rings is 1. The maximum Gasteiger partial charge on any atom is 0.269 e. The highest BCUT2D eigenvalue weighted by Gasteiger charge is 2.20. The number of anilines is 2. The van der Waals surface area contributed by atoms with Gasteiger partial charge in [-0.3, -0.25) is 19.9 Å². The van der Waals surface area contributed by atoms with Gasteiger partial charge in [0, 0.05) is 44.0 Å². The monoisotopic (exact) mass is 328 g/mol. The summed E-state index contributed by atoms with van der Waals surface area (Å²) in [5.74, 6) is 0.0171. The second kappa shape index (κ2) is 6.49. The Morgan fingerprint density at radius 3 is 2.29 bits per heavy atom. The van der Waals surface area contributed by atoms with Gasteiger partial charge in [-0.15, -0.1) is 0 Å². The van der Waals surface area contributed by atoms with Gasteiger partial charge in [0.15, 0.2) is 0 Å². The van der Waals surface area contributed by atoms with E-state index in [4.69, 9.17) is 5.73 Å². The van der Waals surface area contributed by atoms with Crippen molar-refractivity contribution >= 4 is 23.1 Å². The van der Waals surface area contributed by atoms with E-state index in [0.717, 1.165) is 18.8 Å². The molecule has 24 heavy (non-hydrogen) atoms. The average Bonchev–Trinajstić information content (AvgIpc) is 2.62. The molecule has 0 saturated carbocycles. The topological polar surface area (TPSA) is 118 Å². The van der Waals surface area contributed by atoms with Crippen LogP contribution >= 0.6 is 0 Å². The van der Waals surface area contributed by atoms with Crippen LogP contribution in [0.1, 0.15) is 10.5 Å². The third kappa shape index (κ3) is 3.24. The lowest BCUT2D eigenvalue weighted by molar-refractivity contribution is -0.384. The molecule has 0 atom stereocenters. The Hall–Kier alpha value is -3.23. The molecule has 3 rings (SSSR count). The lowest BCUT2D eigenvalue weighted by Gasteiger charge is -2.36. The first-order valence-electron chi connectivity index (χ1n) is 7.41. The zero-order valence-corrected chi connectivity index (χ0v) is 12.8. The SMILES string of the molecule is NC(=O)c1cncc(N2CCN(c3ccc([N+](=O)[O-])cc3)CC2)n1. The molecule has 1 aliphatic heterocycles. The fourth-order valence-corrected chi connectivity index (χ4v) is 2.61. The molecule has 9 heteroatoms. The van der Waals surface area contributed by atoms with Crippen LogP contribution in [0.5, 0.6) is 0 Å². The molecule has 0 unspecified atom stereocenters. The normalized spacial score (nSPS) is 14.5. The molecule has 1 fully saturated rings. The van der Waals surface area contributed by atoms with Crippen molar-refractivity contribution in [1.82, 2.24) is 9.97 Å². The summed E-state index contributed by atoms with van der Waals surface area (Å²) in [6.45, 7) is 2.88. The first-order chi connectivity index (χ1) is 11.5. The number of nitrogens with two attached hydrogens (primary N) is 1. The predicted octanol–water partition coefficient (Wildman–Crippen LogP) is 0.810. The number of nitro benzene ring substituents is 1. The van der Waals surface area contributed by atoms with Gasteiger partial charge in [-0.05, 0) is 12.1 Å². The Bertz CT molecular complexity index is 756. The number of hydrogen-bond acceptors (Lipinski definition) is 7. The lowest BCUT2D eigenvalue weighted by Crippen LogP contribution is -2.47. The summed E-state index contributed by atoms with van der Waals surface area (Å²) >= 11 is 0. The lowest BCUT2D eigenvalue weighted by atomic mass is 10.2. The first kappa shape index (κ1) is 15.7. The first-order valence-corrected chi connectivity index (χ1v) is 7.41. The van der Waals surface area contributed by atoms with Crippen molar-refractivity contribution in [2.75, 3.05) is 36.0 Å². The van der Waals surface area contributed by atoms with Gasteiger partial charge >= 0.3 is 0 Å². The predicted molar refractivity (Wildman–Crippen MR) is 88.1 cm³/mol. The summed E-state index contributed by atoms with van der Waals surface area (Å²) in [6, 6.07) is 6.51. The minimum atomic E-state index is -0.603. The van der Waals surface area contributed by atoms with Crippen molar-refractivity contribution in [3.63, 3.8) is 0 Å². The molecule has 124 valence electrons. The van der Waals surface area contributed by atoms with Gasteiger partial charge in [0.1, 0.15) is 11.5 Å². The van der Waals surface area contributed by atoms with E-state index in [9.17, 15) is 14.9 Å². The molecule has 0 spiro atoms. The highest BCUT2D eigenvalue weighted by Crippen LogP contribution is 2.22. The molecule has 2 N–H and O–H groups in total. The van der Waals surface area contributed by atoms with E-state index in [1.807, 2.05) is 4.90 Å². The molecular weight excluding hydrogens is 312 g/mol. The number of amides is 1.